The number of hydrogen-bond acceptors (Lipinski definition) is 5. The number of likely N-dealkylation sites (tertiary alicyclic amines) is 1. The van der Waals surface area contributed by atoms with Crippen molar-refractivity contribution >= 4 is 23.4 Å². The van der Waals surface area contributed by atoms with Crippen LogP contribution in [0.25, 0.3) is 0 Å². The van der Waals surface area contributed by atoms with Gasteiger partial charge in [-0.15, -0.1) is 0 Å². The lowest BCUT2D eigenvalue weighted by Gasteiger charge is -2.35. The summed E-state index contributed by atoms with van der Waals surface area (Å²) in [7, 11) is 0. The van der Waals surface area contributed by atoms with E-state index in [2.05, 4.69) is 10.6 Å². The first-order valence-corrected chi connectivity index (χ1v) is 9.82. The summed E-state index contributed by atoms with van der Waals surface area (Å²) in [5, 5.41) is 16.5. The van der Waals surface area contributed by atoms with E-state index in [4.69, 9.17) is 0 Å². The molecule has 2 fully saturated rings. The van der Waals surface area contributed by atoms with Crippen LogP contribution in [0, 0.1) is 11.8 Å². The molecular weight excluding hydrogens is 358 g/mol. The van der Waals surface area contributed by atoms with Crippen molar-refractivity contribution in [2.45, 2.75) is 64.3 Å². The number of aryl methyl sites for hydroxylation is 1. The summed E-state index contributed by atoms with van der Waals surface area (Å²) in [5.74, 6) is -2.69. The van der Waals surface area contributed by atoms with Gasteiger partial charge in [0.1, 0.15) is 5.54 Å². The fourth-order valence-corrected chi connectivity index (χ4v) is 5.07. The Labute approximate surface area is 164 Å². The lowest BCUT2D eigenvalue weighted by molar-refractivity contribution is -0.148. The number of imide groups is 1. The van der Waals surface area contributed by atoms with Gasteiger partial charge in [-0.2, -0.15) is 0 Å². The van der Waals surface area contributed by atoms with Crippen LogP contribution in [-0.4, -0.2) is 45.4 Å². The predicted octanol–water partition coefficient (Wildman–Crippen LogP) is 1.15. The number of hydrogen-bond donors (Lipinski definition) is 3. The molecule has 28 heavy (non-hydrogen) atoms. The van der Waals surface area contributed by atoms with Crippen LogP contribution >= 0.6 is 0 Å². The summed E-state index contributed by atoms with van der Waals surface area (Å²) in [4.78, 5) is 41.3. The van der Waals surface area contributed by atoms with Gasteiger partial charge in [-0.3, -0.25) is 24.6 Å². The van der Waals surface area contributed by atoms with E-state index in [9.17, 15) is 19.5 Å². The molecule has 1 spiro atoms. The number of fused-ring (bicyclic) bond motifs is 4. The van der Waals surface area contributed by atoms with Crippen LogP contribution in [0.2, 0.25) is 0 Å². The van der Waals surface area contributed by atoms with Crippen LogP contribution in [-0.2, 0) is 26.3 Å². The SMILES string of the molecule is CCc1ccc2c(c1)C1(NC(C(C)O)C3C(=O)N(C(C)(C)C)C(=O)C31)C(=O)N2. The Morgan fingerprint density at radius 1 is 1.21 bits per heavy atom. The largest absolute Gasteiger partial charge is 0.392 e. The number of nitrogens with one attached hydrogen (secondary N) is 2. The third-order valence-corrected chi connectivity index (χ3v) is 6.31. The van der Waals surface area contributed by atoms with Crippen LogP contribution in [0.15, 0.2) is 18.2 Å². The van der Waals surface area contributed by atoms with Gasteiger partial charge >= 0.3 is 0 Å². The monoisotopic (exact) mass is 385 g/mol. The summed E-state index contributed by atoms with van der Waals surface area (Å²) in [6.07, 6.45) is -0.110. The third-order valence-electron chi connectivity index (χ3n) is 6.31. The van der Waals surface area contributed by atoms with E-state index in [1.54, 1.807) is 27.7 Å². The van der Waals surface area contributed by atoms with Gasteiger partial charge in [0.25, 0.3) is 0 Å². The molecule has 0 saturated carbocycles. The molecule has 2 saturated heterocycles. The number of benzene rings is 1. The maximum atomic E-state index is 13.5. The van der Waals surface area contributed by atoms with Crippen molar-refractivity contribution in [1.82, 2.24) is 10.2 Å². The molecule has 3 aliphatic heterocycles. The van der Waals surface area contributed by atoms with E-state index in [0.717, 1.165) is 12.0 Å². The van der Waals surface area contributed by atoms with Gasteiger partial charge in [0, 0.05) is 22.8 Å². The normalized spacial score (nSPS) is 32.7. The Morgan fingerprint density at radius 2 is 1.89 bits per heavy atom. The van der Waals surface area contributed by atoms with E-state index in [-0.39, 0.29) is 17.7 Å². The zero-order chi connectivity index (χ0) is 20.6. The molecule has 4 rings (SSSR count). The molecule has 5 unspecified atom stereocenters. The molecule has 150 valence electrons. The van der Waals surface area contributed by atoms with Crippen molar-refractivity contribution in [3.05, 3.63) is 29.3 Å². The van der Waals surface area contributed by atoms with Crippen molar-refractivity contribution in [2.24, 2.45) is 11.8 Å². The lowest BCUT2D eigenvalue weighted by Crippen LogP contribution is -2.57. The number of aliphatic hydroxyl groups is 1. The summed E-state index contributed by atoms with van der Waals surface area (Å²) in [5.41, 5.74) is 0.324. The lowest BCUT2D eigenvalue weighted by atomic mass is 9.76. The molecule has 1 aromatic carbocycles. The molecule has 1 aromatic rings. The molecule has 0 aromatic heterocycles. The number of rotatable bonds is 2. The minimum absolute atomic E-state index is 0.328. The number of amides is 3. The first-order chi connectivity index (χ1) is 13.0. The number of anilines is 1. The fraction of sp³-hybridized carbons (Fsp3) is 0.571. The van der Waals surface area contributed by atoms with Crippen LogP contribution in [0.5, 0.6) is 0 Å². The summed E-state index contributed by atoms with van der Waals surface area (Å²) in [6.45, 7) is 9.02. The second-order valence-electron chi connectivity index (χ2n) is 9.09. The minimum Gasteiger partial charge on any atom is -0.392 e. The molecule has 5 atom stereocenters. The second kappa shape index (κ2) is 5.87. The highest BCUT2D eigenvalue weighted by Crippen LogP contribution is 2.54. The second-order valence-corrected chi connectivity index (χ2v) is 9.09. The Bertz CT molecular complexity index is 888. The highest BCUT2D eigenvalue weighted by molar-refractivity contribution is 6.15. The number of carbonyl (C=O) groups excluding carboxylic acids is 3. The molecule has 3 aliphatic rings. The number of aliphatic hydroxyl groups excluding tert-OH is 1. The third kappa shape index (κ3) is 2.26. The van der Waals surface area contributed by atoms with Crippen molar-refractivity contribution in [3.63, 3.8) is 0 Å². The average molecular weight is 385 g/mol. The van der Waals surface area contributed by atoms with Gasteiger partial charge in [0.05, 0.1) is 17.9 Å². The van der Waals surface area contributed by atoms with E-state index in [0.29, 0.717) is 11.3 Å². The highest BCUT2D eigenvalue weighted by atomic mass is 16.3. The predicted molar refractivity (Wildman–Crippen MR) is 103 cm³/mol. The average Bonchev–Trinajstić information content (AvgIpc) is 3.19. The maximum Gasteiger partial charge on any atom is 0.250 e. The van der Waals surface area contributed by atoms with Gasteiger partial charge in [0.15, 0.2) is 0 Å². The molecular formula is C21H27N3O4. The van der Waals surface area contributed by atoms with E-state index in [1.165, 1.54) is 4.90 Å². The van der Waals surface area contributed by atoms with Crippen LogP contribution in [0.3, 0.4) is 0 Å². The van der Waals surface area contributed by atoms with E-state index < -0.39 is 35.1 Å². The molecule has 3 amide bonds. The standard InChI is InChI=1S/C21H27N3O4/c1-6-11-7-8-13-12(9-11)21(19(28)22-13)15-14(16(23-21)10(2)25)17(26)24(18(15)27)20(3,4)5/h7-10,14-16,23,25H,6H2,1-5H3,(H,22,28). The van der Waals surface area contributed by atoms with Gasteiger partial charge in [0.2, 0.25) is 17.7 Å². The van der Waals surface area contributed by atoms with E-state index in [1.807, 2.05) is 25.1 Å². The van der Waals surface area contributed by atoms with Crippen LogP contribution in [0.4, 0.5) is 5.69 Å². The van der Waals surface area contributed by atoms with Gasteiger partial charge in [-0.25, -0.2) is 0 Å². The zero-order valence-electron chi connectivity index (χ0n) is 16.9. The molecule has 3 heterocycles. The minimum atomic E-state index is -1.35. The quantitative estimate of drug-likeness (QED) is 0.664. The van der Waals surface area contributed by atoms with Gasteiger partial charge in [-0.1, -0.05) is 19.1 Å². The van der Waals surface area contributed by atoms with Crippen LogP contribution < -0.4 is 10.6 Å². The molecule has 0 bridgehead atoms. The van der Waals surface area contributed by atoms with Crippen molar-refractivity contribution in [1.29, 1.82) is 0 Å². The molecule has 3 N–H and O–H groups in total. The van der Waals surface area contributed by atoms with Crippen LogP contribution in [0.1, 0.15) is 45.7 Å². The fourth-order valence-electron chi connectivity index (χ4n) is 5.07. The molecule has 0 aliphatic carbocycles. The maximum absolute atomic E-state index is 13.5. The van der Waals surface area contributed by atoms with Gasteiger partial charge < -0.3 is 10.4 Å². The van der Waals surface area contributed by atoms with E-state index >= 15 is 0 Å². The Hall–Kier alpha value is -2.25. The van der Waals surface area contributed by atoms with Crippen molar-refractivity contribution < 1.29 is 19.5 Å². The topological polar surface area (TPSA) is 98.7 Å². The number of nitrogens with zero attached hydrogens (tertiary/aromatic N) is 1. The van der Waals surface area contributed by atoms with Crippen molar-refractivity contribution in [3.8, 4) is 0 Å². The number of carbonyl (C=O) groups is 3. The Balaban J connectivity index is 1.94. The summed E-state index contributed by atoms with van der Waals surface area (Å²) >= 11 is 0. The molecule has 7 nitrogen and oxygen atoms in total. The summed E-state index contributed by atoms with van der Waals surface area (Å²) < 4.78 is 0. The Morgan fingerprint density at radius 3 is 2.46 bits per heavy atom. The first-order valence-electron chi connectivity index (χ1n) is 9.82. The smallest absolute Gasteiger partial charge is 0.250 e. The van der Waals surface area contributed by atoms with Gasteiger partial charge in [-0.05, 0) is 45.7 Å². The highest BCUT2D eigenvalue weighted by Gasteiger charge is 2.71. The zero-order valence-corrected chi connectivity index (χ0v) is 16.9. The first kappa shape index (κ1) is 19.1. The molecule has 7 heteroatoms. The molecule has 0 radical (unpaired) electrons. The summed E-state index contributed by atoms with van der Waals surface area (Å²) in [6, 6.07) is 5.03. The van der Waals surface area contributed by atoms with Crippen molar-refractivity contribution in [2.75, 3.05) is 5.32 Å². The Kier molecular flexibility index (Phi) is 4.00.